The van der Waals surface area contributed by atoms with Crippen molar-refractivity contribution in [3.8, 4) is 0 Å². The van der Waals surface area contributed by atoms with Crippen LogP contribution in [0, 0.1) is 15.2 Å². The zero-order valence-electron chi connectivity index (χ0n) is 16.3. The minimum Gasteiger partial charge on any atom is -0.395 e. The molecule has 170 valence electrons. The number of nitrogens with one attached hydrogen (secondary N) is 3. The monoisotopic (exact) mass is 586 g/mol. The van der Waals surface area contributed by atoms with Crippen LogP contribution in [-0.2, 0) is 10.2 Å². The third-order valence-electron chi connectivity index (χ3n) is 4.86. The summed E-state index contributed by atoms with van der Waals surface area (Å²) in [5.74, 6) is -2.34. The second kappa shape index (κ2) is 10.6. The summed E-state index contributed by atoms with van der Waals surface area (Å²) in [6, 6.07) is 7.09. The molecule has 31 heavy (non-hydrogen) atoms. The van der Waals surface area contributed by atoms with Gasteiger partial charge in [-0.05, 0) is 65.8 Å². The van der Waals surface area contributed by atoms with Crippen LogP contribution in [0.1, 0.15) is 12.8 Å². The molecule has 0 amide bonds. The molecule has 1 saturated heterocycles. The molecule has 0 aromatic heterocycles. The van der Waals surface area contributed by atoms with Gasteiger partial charge in [0.15, 0.2) is 11.6 Å². The maximum atomic E-state index is 14.6. The van der Waals surface area contributed by atoms with E-state index in [1.807, 2.05) is 0 Å². The molecule has 7 nitrogen and oxygen atoms in total. The fraction of sp³-hybridized carbons (Fsp3) is 0.368. The van der Waals surface area contributed by atoms with Crippen molar-refractivity contribution in [3.63, 3.8) is 0 Å². The van der Waals surface area contributed by atoms with Crippen molar-refractivity contribution in [3.05, 3.63) is 50.6 Å². The first kappa shape index (κ1) is 24.4. The summed E-state index contributed by atoms with van der Waals surface area (Å²) in [5.41, 5.74) is -0.178. The van der Waals surface area contributed by atoms with E-state index >= 15 is 0 Å². The predicted molar refractivity (Wildman–Crippen MR) is 126 cm³/mol. The van der Waals surface area contributed by atoms with E-state index in [1.165, 1.54) is 4.31 Å². The van der Waals surface area contributed by atoms with Gasteiger partial charge in [0.2, 0.25) is 0 Å². The lowest BCUT2D eigenvalue weighted by Gasteiger charge is -2.32. The Hall–Kier alpha value is -1.25. The number of aliphatic hydroxyl groups excluding tert-OH is 1. The van der Waals surface area contributed by atoms with Crippen molar-refractivity contribution >= 4 is 61.5 Å². The first-order chi connectivity index (χ1) is 14.7. The van der Waals surface area contributed by atoms with Gasteiger partial charge in [-0.3, -0.25) is 4.72 Å². The first-order valence-corrected chi connectivity index (χ1v) is 12.4. The quantitative estimate of drug-likeness (QED) is 0.355. The van der Waals surface area contributed by atoms with Crippen molar-refractivity contribution in [1.29, 1.82) is 0 Å². The molecule has 0 spiro atoms. The van der Waals surface area contributed by atoms with Gasteiger partial charge < -0.3 is 15.7 Å². The molecule has 1 heterocycles. The Balaban J connectivity index is 1.80. The normalized spacial score (nSPS) is 15.8. The van der Waals surface area contributed by atoms with E-state index in [2.05, 4.69) is 37.9 Å². The minimum absolute atomic E-state index is 0.0105. The second-order valence-electron chi connectivity index (χ2n) is 6.99. The fourth-order valence-electron chi connectivity index (χ4n) is 3.26. The Morgan fingerprint density at radius 3 is 2.48 bits per heavy atom. The van der Waals surface area contributed by atoms with Crippen LogP contribution in [0.5, 0.6) is 0 Å². The van der Waals surface area contributed by atoms with E-state index in [0.717, 1.165) is 15.7 Å². The third kappa shape index (κ3) is 6.17. The average Bonchev–Trinajstić information content (AvgIpc) is 2.73. The van der Waals surface area contributed by atoms with Gasteiger partial charge in [-0.25, -0.2) is 8.78 Å². The highest BCUT2D eigenvalue weighted by atomic mass is 127. The van der Waals surface area contributed by atoms with Crippen LogP contribution in [0.3, 0.4) is 0 Å². The molecule has 2 aromatic carbocycles. The van der Waals surface area contributed by atoms with Gasteiger partial charge in [-0.1, -0.05) is 11.6 Å². The molecule has 0 bridgehead atoms. The summed E-state index contributed by atoms with van der Waals surface area (Å²) >= 11 is 8.24. The maximum absolute atomic E-state index is 14.6. The Bertz CT molecular complexity index is 1040. The highest BCUT2D eigenvalue weighted by Gasteiger charge is 2.29. The van der Waals surface area contributed by atoms with Gasteiger partial charge in [0.25, 0.3) is 0 Å². The zero-order valence-corrected chi connectivity index (χ0v) is 20.1. The smallest absolute Gasteiger partial charge is 0.301 e. The van der Waals surface area contributed by atoms with E-state index in [4.69, 9.17) is 16.7 Å². The predicted octanol–water partition coefficient (Wildman–Crippen LogP) is 3.67. The van der Waals surface area contributed by atoms with E-state index in [1.54, 1.807) is 18.2 Å². The molecule has 0 radical (unpaired) electrons. The molecule has 0 atom stereocenters. The Morgan fingerprint density at radius 2 is 1.84 bits per heavy atom. The molecule has 2 aromatic rings. The van der Waals surface area contributed by atoms with Crippen LogP contribution in [-0.4, -0.2) is 50.1 Å². The second-order valence-corrected chi connectivity index (χ2v) is 10.3. The lowest BCUT2D eigenvalue weighted by atomic mass is 10.1. The molecule has 12 heteroatoms. The van der Waals surface area contributed by atoms with Crippen LogP contribution in [0.2, 0.25) is 5.02 Å². The molecule has 0 unspecified atom stereocenters. The Kier molecular flexibility index (Phi) is 8.32. The summed E-state index contributed by atoms with van der Waals surface area (Å²) < 4.78 is 58.7. The van der Waals surface area contributed by atoms with Crippen LogP contribution in [0.4, 0.5) is 25.8 Å². The molecule has 1 aliphatic rings. The lowest BCUT2D eigenvalue weighted by Crippen LogP contribution is -2.47. The molecule has 3 rings (SSSR count). The van der Waals surface area contributed by atoms with Gasteiger partial charge in [0.05, 0.1) is 23.0 Å². The SMILES string of the molecule is O=S(=O)(Nc1ccc(F)c(F)c1Nc1ccc(I)cc1Cl)N1CCC(NCCO)CC1. The summed E-state index contributed by atoms with van der Waals surface area (Å²) in [7, 11) is -4.00. The number of rotatable bonds is 8. The van der Waals surface area contributed by atoms with Gasteiger partial charge in [0, 0.05) is 29.2 Å². The minimum atomic E-state index is -4.00. The van der Waals surface area contributed by atoms with Crippen LogP contribution in [0.15, 0.2) is 30.3 Å². The average molecular weight is 587 g/mol. The number of anilines is 3. The third-order valence-corrected chi connectivity index (χ3v) is 7.37. The number of nitrogens with zero attached hydrogens (tertiary/aromatic N) is 1. The molecule has 0 saturated carbocycles. The van der Waals surface area contributed by atoms with Crippen molar-refractivity contribution < 1.29 is 22.3 Å². The van der Waals surface area contributed by atoms with E-state index in [0.29, 0.717) is 25.1 Å². The number of piperidine rings is 1. The van der Waals surface area contributed by atoms with Gasteiger partial charge >= 0.3 is 10.2 Å². The van der Waals surface area contributed by atoms with Crippen molar-refractivity contribution in [2.45, 2.75) is 18.9 Å². The summed E-state index contributed by atoms with van der Waals surface area (Å²) in [4.78, 5) is 0. The summed E-state index contributed by atoms with van der Waals surface area (Å²) in [5, 5.41) is 15.0. The maximum Gasteiger partial charge on any atom is 0.301 e. The lowest BCUT2D eigenvalue weighted by molar-refractivity contribution is 0.253. The molecule has 1 aliphatic heterocycles. The zero-order chi connectivity index (χ0) is 22.6. The molecule has 1 fully saturated rings. The van der Waals surface area contributed by atoms with E-state index in [9.17, 15) is 17.2 Å². The Labute approximate surface area is 198 Å². The number of halogens is 4. The standard InChI is InChI=1S/C19H22ClF2IN4O3S/c20-14-11-12(23)1-3-16(14)25-19-17(4-2-15(21)18(19)22)26-31(29,30)27-8-5-13(6-9-27)24-7-10-28/h1-4,11,13,24-26,28H,5-10H2. The fourth-order valence-corrected chi connectivity index (χ4v) is 5.43. The molecule has 4 N–H and O–H groups in total. The van der Waals surface area contributed by atoms with Gasteiger partial charge in [-0.15, -0.1) is 0 Å². The molecular formula is C19H22ClF2IN4O3S. The number of hydrogen-bond donors (Lipinski definition) is 4. The van der Waals surface area contributed by atoms with Crippen LogP contribution >= 0.6 is 34.2 Å². The highest BCUT2D eigenvalue weighted by molar-refractivity contribution is 14.1. The summed E-state index contributed by atoms with van der Waals surface area (Å²) in [6.07, 6.45) is 1.14. The number of aliphatic hydroxyl groups is 1. The highest BCUT2D eigenvalue weighted by Crippen LogP contribution is 2.34. The van der Waals surface area contributed by atoms with Gasteiger partial charge in [-0.2, -0.15) is 12.7 Å². The van der Waals surface area contributed by atoms with Crippen molar-refractivity contribution in [2.75, 3.05) is 36.3 Å². The van der Waals surface area contributed by atoms with Crippen LogP contribution in [0.25, 0.3) is 0 Å². The summed E-state index contributed by atoms with van der Waals surface area (Å²) in [6.45, 7) is 0.971. The largest absolute Gasteiger partial charge is 0.395 e. The number of benzene rings is 2. The van der Waals surface area contributed by atoms with Crippen LogP contribution < -0.4 is 15.4 Å². The molecular weight excluding hydrogens is 565 g/mol. The van der Waals surface area contributed by atoms with E-state index < -0.39 is 21.8 Å². The molecule has 0 aliphatic carbocycles. The Morgan fingerprint density at radius 1 is 1.16 bits per heavy atom. The van der Waals surface area contributed by atoms with Gasteiger partial charge in [0.1, 0.15) is 5.69 Å². The first-order valence-electron chi connectivity index (χ1n) is 9.53. The number of hydrogen-bond acceptors (Lipinski definition) is 5. The van der Waals surface area contributed by atoms with Crippen molar-refractivity contribution in [1.82, 2.24) is 9.62 Å². The topological polar surface area (TPSA) is 93.7 Å². The van der Waals surface area contributed by atoms with Crippen molar-refractivity contribution in [2.24, 2.45) is 0 Å². The van der Waals surface area contributed by atoms with E-state index in [-0.39, 0.29) is 42.1 Å².